The van der Waals surface area contributed by atoms with Gasteiger partial charge < -0.3 is 19.3 Å². The fraction of sp³-hybridized carbons (Fsp3) is 0.422. The SMILES string of the molecule is C.COC(=O)c1ccc(-c2cc(O)ccc2F)c(C2CCCC2(C)C)c1.COC(=O)c1ccc(-c2cc(OCC(F)(F)F)ccc2F)c(C2CCCC2(C)C)c1. The molecule has 56 heavy (non-hydrogen) atoms. The summed E-state index contributed by atoms with van der Waals surface area (Å²) in [6, 6.07) is 17.7. The molecule has 0 spiro atoms. The molecule has 6 rings (SSSR count). The Kier molecular flexibility index (Phi) is 13.7. The summed E-state index contributed by atoms with van der Waals surface area (Å²) < 4.78 is 81.2. The van der Waals surface area contributed by atoms with Gasteiger partial charge in [0.15, 0.2) is 6.61 Å². The van der Waals surface area contributed by atoms with Gasteiger partial charge >= 0.3 is 18.1 Å². The Morgan fingerprint density at radius 2 is 1.12 bits per heavy atom. The molecule has 4 aromatic carbocycles. The highest BCUT2D eigenvalue weighted by Crippen LogP contribution is 2.53. The molecule has 0 amide bonds. The minimum Gasteiger partial charge on any atom is -0.508 e. The molecule has 0 saturated heterocycles. The standard InChI is InChI=1S/C23H24F4O3.C21H23FO3.CH4/c1-22(2)10-4-5-19(22)17-11-14(21(28)29-3)6-8-16(17)18-12-15(7-9-20(18)24)30-13-23(25,26)27;1-21(2)10-4-5-18(21)16-11-13(20(24)25-3)6-8-15(16)17-12-14(23)7-9-19(17)22;/h6-9,11-12,19H,4-5,10,13H2,1-3H3;6-9,11-12,18,23H,4-5,10H2,1-3H3;1H4. The highest BCUT2D eigenvalue weighted by Gasteiger charge is 2.39. The molecule has 0 radical (unpaired) electrons. The number of alkyl halides is 3. The van der Waals surface area contributed by atoms with Crippen molar-refractivity contribution in [1.82, 2.24) is 0 Å². The van der Waals surface area contributed by atoms with Gasteiger partial charge in [-0.2, -0.15) is 13.2 Å². The number of carbonyl (C=O) groups is 2. The Bertz CT molecular complexity index is 2040. The van der Waals surface area contributed by atoms with Crippen molar-refractivity contribution in [3.63, 3.8) is 0 Å². The number of ether oxygens (including phenoxy) is 3. The molecule has 2 saturated carbocycles. The summed E-state index contributed by atoms with van der Waals surface area (Å²) in [4.78, 5) is 24.0. The monoisotopic (exact) mass is 782 g/mol. The van der Waals surface area contributed by atoms with Crippen molar-refractivity contribution in [2.45, 2.75) is 91.7 Å². The van der Waals surface area contributed by atoms with Gasteiger partial charge in [-0.25, -0.2) is 18.4 Å². The molecule has 0 heterocycles. The number of phenols is 1. The van der Waals surface area contributed by atoms with Crippen LogP contribution in [0.4, 0.5) is 22.0 Å². The van der Waals surface area contributed by atoms with Gasteiger partial charge in [-0.1, -0.05) is 60.1 Å². The Morgan fingerprint density at radius 3 is 1.54 bits per heavy atom. The second kappa shape index (κ2) is 17.5. The zero-order valence-electron chi connectivity index (χ0n) is 31.9. The van der Waals surface area contributed by atoms with Crippen LogP contribution in [0.2, 0.25) is 0 Å². The van der Waals surface area contributed by atoms with Crippen LogP contribution in [0.5, 0.6) is 11.5 Å². The molecule has 1 N–H and O–H groups in total. The normalized spacial score (nSPS) is 18.3. The van der Waals surface area contributed by atoms with Crippen molar-refractivity contribution in [2.24, 2.45) is 10.8 Å². The van der Waals surface area contributed by atoms with Crippen LogP contribution in [0.25, 0.3) is 22.3 Å². The van der Waals surface area contributed by atoms with Crippen molar-refractivity contribution < 1.29 is 50.9 Å². The Hall–Kier alpha value is -4.93. The van der Waals surface area contributed by atoms with Crippen molar-refractivity contribution in [2.75, 3.05) is 20.8 Å². The topological polar surface area (TPSA) is 82.1 Å². The number of phenolic OH excluding ortho intramolecular Hbond substituents is 1. The first-order chi connectivity index (χ1) is 25.8. The van der Waals surface area contributed by atoms with Crippen LogP contribution < -0.4 is 4.74 Å². The fourth-order valence-electron chi connectivity index (χ4n) is 8.17. The summed E-state index contributed by atoms with van der Waals surface area (Å²) in [7, 11) is 2.64. The molecule has 6 nitrogen and oxygen atoms in total. The molecule has 0 bridgehead atoms. The van der Waals surface area contributed by atoms with Crippen LogP contribution in [-0.4, -0.2) is 44.0 Å². The maximum Gasteiger partial charge on any atom is 0.422 e. The number of aromatic hydroxyl groups is 1. The molecular formula is C45H51F5O6. The molecule has 11 heteroatoms. The van der Waals surface area contributed by atoms with E-state index < -0.39 is 30.5 Å². The lowest BCUT2D eigenvalue weighted by Gasteiger charge is -2.29. The van der Waals surface area contributed by atoms with Crippen molar-refractivity contribution in [3.8, 4) is 33.8 Å². The van der Waals surface area contributed by atoms with Crippen molar-refractivity contribution in [1.29, 1.82) is 0 Å². The first-order valence-corrected chi connectivity index (χ1v) is 18.3. The average Bonchev–Trinajstić information content (AvgIpc) is 3.69. The molecule has 2 atom stereocenters. The molecule has 2 unspecified atom stereocenters. The molecule has 4 aromatic rings. The number of carbonyl (C=O) groups excluding carboxylic acids is 2. The van der Waals surface area contributed by atoms with E-state index in [0.717, 1.165) is 61.3 Å². The predicted molar refractivity (Wildman–Crippen MR) is 207 cm³/mol. The van der Waals surface area contributed by atoms with Gasteiger partial charge in [0, 0.05) is 11.1 Å². The van der Waals surface area contributed by atoms with Gasteiger partial charge in [-0.05, 0) is 131 Å². The second-order valence-electron chi connectivity index (χ2n) is 15.7. The van der Waals surface area contributed by atoms with E-state index in [1.54, 1.807) is 24.3 Å². The molecule has 2 aliphatic carbocycles. The molecule has 2 aliphatic rings. The Labute approximate surface area is 326 Å². The summed E-state index contributed by atoms with van der Waals surface area (Å²) in [6.45, 7) is 7.20. The van der Waals surface area contributed by atoms with E-state index in [1.165, 1.54) is 50.6 Å². The van der Waals surface area contributed by atoms with Crippen molar-refractivity contribution in [3.05, 3.63) is 107 Å². The van der Waals surface area contributed by atoms with Crippen LogP contribution in [0.15, 0.2) is 72.8 Å². The third-order valence-corrected chi connectivity index (χ3v) is 11.1. The predicted octanol–water partition coefficient (Wildman–Crippen LogP) is 12.4. The van der Waals surface area contributed by atoms with Gasteiger partial charge in [0.1, 0.15) is 23.1 Å². The number of hydrogen-bond acceptors (Lipinski definition) is 6. The lowest BCUT2D eigenvalue weighted by molar-refractivity contribution is -0.153. The van der Waals surface area contributed by atoms with Crippen LogP contribution >= 0.6 is 0 Å². The van der Waals surface area contributed by atoms with E-state index in [0.29, 0.717) is 22.3 Å². The van der Waals surface area contributed by atoms with E-state index in [-0.39, 0.29) is 53.0 Å². The maximum absolute atomic E-state index is 14.7. The summed E-state index contributed by atoms with van der Waals surface area (Å²) in [6.07, 6.45) is 1.54. The Morgan fingerprint density at radius 1 is 0.679 bits per heavy atom. The summed E-state index contributed by atoms with van der Waals surface area (Å²) in [5, 5.41) is 9.80. The highest BCUT2D eigenvalue weighted by molar-refractivity contribution is 5.91. The number of benzene rings is 4. The first kappa shape index (κ1) is 43.8. The lowest BCUT2D eigenvalue weighted by atomic mass is 9.75. The van der Waals surface area contributed by atoms with E-state index in [4.69, 9.17) is 14.2 Å². The quantitative estimate of drug-likeness (QED) is 0.142. The minimum absolute atomic E-state index is 0. The number of esters is 2. The highest BCUT2D eigenvalue weighted by atomic mass is 19.4. The number of methoxy groups -OCH3 is 2. The lowest BCUT2D eigenvalue weighted by Crippen LogP contribution is -2.19. The molecule has 2 fully saturated rings. The molecule has 0 aliphatic heterocycles. The second-order valence-corrected chi connectivity index (χ2v) is 15.7. The largest absolute Gasteiger partial charge is 0.508 e. The van der Waals surface area contributed by atoms with Crippen LogP contribution in [0.1, 0.15) is 117 Å². The van der Waals surface area contributed by atoms with E-state index in [1.807, 2.05) is 6.07 Å². The van der Waals surface area contributed by atoms with Crippen LogP contribution in [0, 0.1) is 22.5 Å². The smallest absolute Gasteiger partial charge is 0.422 e. The summed E-state index contributed by atoms with van der Waals surface area (Å²) >= 11 is 0. The van der Waals surface area contributed by atoms with Crippen LogP contribution in [-0.2, 0) is 9.47 Å². The molecule has 302 valence electrons. The molecular weight excluding hydrogens is 731 g/mol. The van der Waals surface area contributed by atoms with Gasteiger partial charge in [-0.15, -0.1) is 0 Å². The van der Waals surface area contributed by atoms with E-state index in [2.05, 4.69) is 27.7 Å². The van der Waals surface area contributed by atoms with Gasteiger partial charge in [-0.3, -0.25) is 0 Å². The number of rotatable bonds is 8. The minimum atomic E-state index is -4.49. The maximum atomic E-state index is 14.7. The van der Waals surface area contributed by atoms with Gasteiger partial charge in [0.25, 0.3) is 0 Å². The zero-order valence-corrected chi connectivity index (χ0v) is 31.9. The summed E-state index contributed by atoms with van der Waals surface area (Å²) in [5.74, 6) is -1.63. The van der Waals surface area contributed by atoms with Gasteiger partial charge in [0.2, 0.25) is 0 Å². The average molecular weight is 783 g/mol. The zero-order chi connectivity index (χ0) is 40.3. The van der Waals surface area contributed by atoms with E-state index in [9.17, 15) is 36.6 Å². The first-order valence-electron chi connectivity index (χ1n) is 18.3. The Balaban J connectivity index is 0.000000248. The fourth-order valence-corrected chi connectivity index (χ4v) is 8.17. The summed E-state index contributed by atoms with van der Waals surface area (Å²) in [5.41, 5.74) is 4.30. The number of hydrogen-bond donors (Lipinski definition) is 1. The van der Waals surface area contributed by atoms with Gasteiger partial charge in [0.05, 0.1) is 25.3 Å². The van der Waals surface area contributed by atoms with Crippen LogP contribution in [0.3, 0.4) is 0 Å². The molecule has 0 aromatic heterocycles. The third kappa shape index (κ3) is 9.89. The third-order valence-electron chi connectivity index (χ3n) is 11.1. The number of halogens is 5. The van der Waals surface area contributed by atoms with E-state index >= 15 is 0 Å². The van der Waals surface area contributed by atoms with Crippen molar-refractivity contribution >= 4 is 11.9 Å².